The molecule has 0 radical (unpaired) electrons. The largest absolute Gasteiger partial charge is 0.218 e. The van der Waals surface area contributed by atoms with E-state index in [-0.39, 0.29) is 0 Å². The summed E-state index contributed by atoms with van der Waals surface area (Å²) in [6.07, 6.45) is 0. The first kappa shape index (κ1) is 10.1. The van der Waals surface area contributed by atoms with Crippen molar-refractivity contribution in [2.45, 2.75) is 46.5 Å². The van der Waals surface area contributed by atoms with E-state index in [4.69, 9.17) is 0 Å². The van der Waals surface area contributed by atoms with Gasteiger partial charge >= 0.3 is 0 Å². The predicted molar refractivity (Wildman–Crippen MR) is 52.7 cm³/mol. The van der Waals surface area contributed by atoms with Crippen LogP contribution in [0.1, 0.15) is 57.0 Å². The van der Waals surface area contributed by atoms with Crippen LogP contribution < -0.4 is 0 Å². The number of hydrogen-bond acceptors (Lipinski definition) is 3. The van der Waals surface area contributed by atoms with E-state index in [9.17, 15) is 0 Å². The average molecular weight is 179 g/mol. The molecule has 0 aliphatic rings. The predicted octanol–water partition coefficient (Wildman–Crippen LogP) is 2.43. The molecule has 0 bridgehead atoms. The smallest absolute Gasteiger partial charge is 0.135 e. The van der Waals surface area contributed by atoms with E-state index in [0.29, 0.717) is 11.8 Å². The van der Waals surface area contributed by atoms with E-state index in [1.54, 1.807) is 0 Å². The summed E-state index contributed by atoms with van der Waals surface area (Å²) in [5.74, 6) is 3.37. The first-order valence-electron chi connectivity index (χ1n) is 4.73. The highest BCUT2D eigenvalue weighted by molar-refractivity contribution is 5.02. The molecule has 13 heavy (non-hydrogen) atoms. The topological polar surface area (TPSA) is 38.7 Å². The normalized spacial score (nSPS) is 11.3. The molecule has 3 heteroatoms. The summed E-state index contributed by atoms with van der Waals surface area (Å²) >= 11 is 0. The quantitative estimate of drug-likeness (QED) is 0.699. The van der Waals surface area contributed by atoms with Gasteiger partial charge in [0.2, 0.25) is 0 Å². The molecule has 0 spiro atoms. The van der Waals surface area contributed by atoms with E-state index in [1.165, 1.54) is 0 Å². The lowest BCUT2D eigenvalue weighted by Crippen LogP contribution is -2.07. The van der Waals surface area contributed by atoms with E-state index in [1.807, 2.05) is 6.92 Å². The van der Waals surface area contributed by atoms with E-state index in [0.717, 1.165) is 17.5 Å². The molecule has 0 N–H and O–H groups in total. The molecule has 0 aliphatic carbocycles. The summed E-state index contributed by atoms with van der Waals surface area (Å²) in [4.78, 5) is 13.0. The molecule has 0 amide bonds. The van der Waals surface area contributed by atoms with E-state index >= 15 is 0 Å². The van der Waals surface area contributed by atoms with Gasteiger partial charge in [0.25, 0.3) is 0 Å². The molecular formula is C10H17N3. The molecule has 0 saturated heterocycles. The Hall–Kier alpha value is -0.990. The van der Waals surface area contributed by atoms with Gasteiger partial charge in [-0.2, -0.15) is 0 Å². The lowest BCUT2D eigenvalue weighted by molar-refractivity contribution is 0.681. The van der Waals surface area contributed by atoms with Crippen molar-refractivity contribution in [2.24, 2.45) is 0 Å². The van der Waals surface area contributed by atoms with Crippen molar-refractivity contribution in [1.82, 2.24) is 15.0 Å². The van der Waals surface area contributed by atoms with Crippen LogP contribution in [0.2, 0.25) is 0 Å². The Bertz CT molecular complexity index is 266. The second kappa shape index (κ2) is 3.81. The Balaban J connectivity index is 3.11. The highest BCUT2D eigenvalue weighted by Gasteiger charge is 2.09. The second-order valence-corrected chi connectivity index (χ2v) is 3.91. The highest BCUT2D eigenvalue weighted by atomic mass is 15.0. The Morgan fingerprint density at radius 1 is 0.769 bits per heavy atom. The summed E-state index contributed by atoms with van der Waals surface area (Å²) in [7, 11) is 0. The van der Waals surface area contributed by atoms with Crippen LogP contribution >= 0.6 is 0 Å². The van der Waals surface area contributed by atoms with Gasteiger partial charge in [-0.3, -0.25) is 0 Å². The molecule has 0 saturated carbocycles. The van der Waals surface area contributed by atoms with Gasteiger partial charge in [0.15, 0.2) is 0 Å². The van der Waals surface area contributed by atoms with E-state index in [2.05, 4.69) is 42.6 Å². The molecule has 3 nitrogen and oxygen atoms in total. The lowest BCUT2D eigenvalue weighted by atomic mass is 10.2. The van der Waals surface area contributed by atoms with Crippen molar-refractivity contribution in [2.75, 3.05) is 0 Å². The molecule has 0 aliphatic heterocycles. The Morgan fingerprint density at radius 2 is 1.15 bits per heavy atom. The molecule has 1 aromatic heterocycles. The zero-order chi connectivity index (χ0) is 10.0. The van der Waals surface area contributed by atoms with Crippen LogP contribution in [0.3, 0.4) is 0 Å². The minimum absolute atomic E-state index is 0.374. The maximum absolute atomic E-state index is 4.41. The SMILES string of the molecule is Cc1nc(C(C)C)nc(C(C)C)n1. The molecule has 1 aromatic rings. The van der Waals surface area contributed by atoms with Crippen molar-refractivity contribution in [3.63, 3.8) is 0 Å². The van der Waals surface area contributed by atoms with Gasteiger partial charge in [-0.25, -0.2) is 15.0 Å². The van der Waals surface area contributed by atoms with Gasteiger partial charge in [0, 0.05) is 11.8 Å². The lowest BCUT2D eigenvalue weighted by Gasteiger charge is -2.08. The summed E-state index contributed by atoms with van der Waals surface area (Å²) < 4.78 is 0. The fourth-order valence-corrected chi connectivity index (χ4v) is 1.04. The standard InChI is InChI=1S/C10H17N3/c1-6(2)9-11-8(5)12-10(13-9)7(3)4/h6-7H,1-5H3. The van der Waals surface area contributed by atoms with Gasteiger partial charge in [0.1, 0.15) is 17.5 Å². The first-order valence-corrected chi connectivity index (χ1v) is 4.73. The fourth-order valence-electron chi connectivity index (χ4n) is 1.04. The molecule has 0 aromatic carbocycles. The summed E-state index contributed by atoms with van der Waals surface area (Å²) in [5, 5.41) is 0. The average Bonchev–Trinajstić information content (AvgIpc) is 2.03. The fraction of sp³-hybridized carbons (Fsp3) is 0.700. The van der Waals surface area contributed by atoms with Gasteiger partial charge in [-0.1, -0.05) is 27.7 Å². The number of aromatic nitrogens is 3. The third-order valence-corrected chi connectivity index (χ3v) is 1.81. The summed E-state index contributed by atoms with van der Waals surface area (Å²) in [5.41, 5.74) is 0. The molecule has 0 atom stereocenters. The van der Waals surface area contributed by atoms with Crippen molar-refractivity contribution in [3.05, 3.63) is 17.5 Å². The number of hydrogen-bond donors (Lipinski definition) is 0. The first-order chi connectivity index (χ1) is 6.00. The van der Waals surface area contributed by atoms with Crippen molar-refractivity contribution < 1.29 is 0 Å². The minimum Gasteiger partial charge on any atom is -0.218 e. The Morgan fingerprint density at radius 3 is 1.46 bits per heavy atom. The number of rotatable bonds is 2. The molecular weight excluding hydrogens is 162 g/mol. The molecule has 1 heterocycles. The van der Waals surface area contributed by atoms with Crippen LogP contribution in [-0.4, -0.2) is 15.0 Å². The van der Waals surface area contributed by atoms with Crippen LogP contribution in [0, 0.1) is 6.92 Å². The van der Waals surface area contributed by atoms with Gasteiger partial charge < -0.3 is 0 Å². The molecule has 1 rings (SSSR count). The molecule has 72 valence electrons. The number of aryl methyl sites for hydroxylation is 1. The maximum Gasteiger partial charge on any atom is 0.135 e. The van der Waals surface area contributed by atoms with Crippen molar-refractivity contribution in [3.8, 4) is 0 Å². The molecule has 0 unspecified atom stereocenters. The zero-order valence-corrected chi connectivity index (χ0v) is 9.00. The van der Waals surface area contributed by atoms with Crippen molar-refractivity contribution >= 4 is 0 Å². The third kappa shape index (κ3) is 2.47. The second-order valence-electron chi connectivity index (χ2n) is 3.91. The van der Waals surface area contributed by atoms with Crippen LogP contribution in [-0.2, 0) is 0 Å². The van der Waals surface area contributed by atoms with Crippen LogP contribution in [0.5, 0.6) is 0 Å². The third-order valence-electron chi connectivity index (χ3n) is 1.81. The van der Waals surface area contributed by atoms with Crippen LogP contribution in [0.15, 0.2) is 0 Å². The van der Waals surface area contributed by atoms with Gasteiger partial charge in [-0.15, -0.1) is 0 Å². The van der Waals surface area contributed by atoms with Gasteiger partial charge in [0.05, 0.1) is 0 Å². The van der Waals surface area contributed by atoms with Gasteiger partial charge in [-0.05, 0) is 6.92 Å². The summed E-state index contributed by atoms with van der Waals surface area (Å²) in [6, 6.07) is 0. The Labute approximate surface area is 79.6 Å². The highest BCUT2D eigenvalue weighted by Crippen LogP contribution is 2.13. The minimum atomic E-state index is 0.374. The van der Waals surface area contributed by atoms with Crippen molar-refractivity contribution in [1.29, 1.82) is 0 Å². The monoisotopic (exact) mass is 179 g/mol. The maximum atomic E-state index is 4.41. The summed E-state index contributed by atoms with van der Waals surface area (Å²) in [6.45, 7) is 10.3. The Kier molecular flexibility index (Phi) is 2.96. The van der Waals surface area contributed by atoms with Crippen LogP contribution in [0.4, 0.5) is 0 Å². The number of nitrogens with zero attached hydrogens (tertiary/aromatic N) is 3. The zero-order valence-electron chi connectivity index (χ0n) is 9.00. The molecule has 0 fully saturated rings. The van der Waals surface area contributed by atoms with E-state index < -0.39 is 0 Å². The van der Waals surface area contributed by atoms with Crippen LogP contribution in [0.25, 0.3) is 0 Å².